The lowest BCUT2D eigenvalue weighted by molar-refractivity contribution is 0.0682. The number of halogens is 2. The Balaban J connectivity index is 1.24. The van der Waals surface area contributed by atoms with E-state index in [0.717, 1.165) is 19.8 Å². The van der Waals surface area contributed by atoms with Gasteiger partial charge in [-0.05, 0) is 78.4 Å². The highest BCUT2D eigenvalue weighted by molar-refractivity contribution is 9.10. The third-order valence-electron chi connectivity index (χ3n) is 6.03. The number of esters is 2. The quantitative estimate of drug-likeness (QED) is 0.0802. The van der Waals surface area contributed by atoms with Crippen molar-refractivity contribution in [2.75, 3.05) is 5.43 Å². The molecular weight excluding hydrogens is 668 g/mol. The number of hydrogen-bond donors (Lipinski definition) is 2. The average molecular weight is 686 g/mol. The van der Waals surface area contributed by atoms with Crippen LogP contribution in [0, 0.1) is 0 Å². The summed E-state index contributed by atoms with van der Waals surface area (Å²) >= 11 is 6.69. The number of aromatic amines is 1. The fourth-order valence-corrected chi connectivity index (χ4v) is 4.52. The Labute approximate surface area is 255 Å². The highest BCUT2D eigenvalue weighted by Gasteiger charge is 2.17. The van der Waals surface area contributed by atoms with Crippen molar-refractivity contribution < 1.29 is 19.1 Å². The van der Waals surface area contributed by atoms with E-state index in [4.69, 9.17) is 9.47 Å². The summed E-state index contributed by atoms with van der Waals surface area (Å²) < 4.78 is 12.9. The fraction of sp³-hybridized carbons (Fsp3) is 0. The molecule has 6 rings (SSSR count). The predicted octanol–water partition coefficient (Wildman–Crippen LogP) is 6.92. The molecule has 42 heavy (non-hydrogen) atoms. The molecule has 0 bridgehead atoms. The molecule has 0 fully saturated rings. The zero-order valence-corrected chi connectivity index (χ0v) is 24.6. The minimum absolute atomic E-state index is 0.0368. The molecular formula is C30H18Br2N6O4. The molecule has 2 heterocycles. The smallest absolute Gasteiger partial charge is 0.343 e. The summed E-state index contributed by atoms with van der Waals surface area (Å²) in [5.74, 6) is -0.942. The van der Waals surface area contributed by atoms with Gasteiger partial charge in [0.25, 0.3) is 5.95 Å². The van der Waals surface area contributed by atoms with Crippen molar-refractivity contribution in [1.29, 1.82) is 0 Å². The number of nitrogens with zero attached hydrogens (tertiary/aromatic N) is 4. The van der Waals surface area contributed by atoms with Crippen LogP contribution in [0.5, 0.6) is 11.5 Å². The Bertz CT molecular complexity index is 1980. The second-order valence-electron chi connectivity index (χ2n) is 8.87. The van der Waals surface area contributed by atoms with E-state index in [0.29, 0.717) is 27.9 Å². The number of anilines is 1. The maximum atomic E-state index is 12.9. The van der Waals surface area contributed by atoms with Gasteiger partial charge in [-0.15, -0.1) is 10.2 Å². The molecule has 12 heteroatoms. The van der Waals surface area contributed by atoms with Gasteiger partial charge in [-0.3, -0.25) is 0 Å². The molecule has 206 valence electrons. The second-order valence-corrected chi connectivity index (χ2v) is 10.7. The molecule has 4 aromatic carbocycles. The van der Waals surface area contributed by atoms with Crippen molar-refractivity contribution in [3.8, 4) is 11.5 Å². The molecule has 0 aliphatic heterocycles. The third kappa shape index (κ3) is 6.04. The molecule has 0 aliphatic carbocycles. The summed E-state index contributed by atoms with van der Waals surface area (Å²) in [7, 11) is 0. The van der Waals surface area contributed by atoms with E-state index in [9.17, 15) is 9.59 Å². The van der Waals surface area contributed by atoms with Gasteiger partial charge in [0.15, 0.2) is 17.1 Å². The molecule has 0 aliphatic rings. The Kier molecular flexibility index (Phi) is 7.71. The summed E-state index contributed by atoms with van der Waals surface area (Å²) in [5.41, 5.74) is 6.09. The van der Waals surface area contributed by atoms with E-state index < -0.39 is 11.9 Å². The zero-order valence-electron chi connectivity index (χ0n) is 21.4. The largest absolute Gasteiger partial charge is 0.419 e. The van der Waals surface area contributed by atoms with Crippen LogP contribution in [-0.4, -0.2) is 38.3 Å². The maximum Gasteiger partial charge on any atom is 0.343 e. The molecule has 2 aromatic heterocycles. The summed E-state index contributed by atoms with van der Waals surface area (Å²) in [6, 6.07) is 25.8. The molecule has 0 unspecified atom stereocenters. The highest BCUT2D eigenvalue weighted by Crippen LogP contribution is 2.30. The van der Waals surface area contributed by atoms with Crippen molar-refractivity contribution in [1.82, 2.24) is 20.2 Å². The van der Waals surface area contributed by atoms with E-state index in [1.54, 1.807) is 54.6 Å². The minimum atomic E-state index is -0.623. The molecule has 0 saturated carbocycles. The Morgan fingerprint density at radius 2 is 1.43 bits per heavy atom. The van der Waals surface area contributed by atoms with E-state index in [2.05, 4.69) is 62.6 Å². The SMILES string of the molecule is O=C(Oc1ccc(C=NNc2nnc3c(n2)[nH]c2ccccc23)cc1OC(=O)c1ccc(Br)cc1)c1ccc(Br)cc1. The molecule has 2 N–H and O–H groups in total. The van der Waals surface area contributed by atoms with Gasteiger partial charge in [0.1, 0.15) is 5.52 Å². The van der Waals surface area contributed by atoms with Crippen LogP contribution in [0.4, 0.5) is 5.95 Å². The first kappa shape index (κ1) is 27.2. The van der Waals surface area contributed by atoms with E-state index in [-0.39, 0.29) is 17.4 Å². The van der Waals surface area contributed by atoms with Gasteiger partial charge in [-0.25, -0.2) is 15.0 Å². The van der Waals surface area contributed by atoms with Gasteiger partial charge < -0.3 is 14.5 Å². The van der Waals surface area contributed by atoms with Gasteiger partial charge in [0.05, 0.1) is 17.3 Å². The zero-order chi connectivity index (χ0) is 29.1. The number of aromatic nitrogens is 4. The summed E-state index contributed by atoms with van der Waals surface area (Å²) in [4.78, 5) is 33.3. The van der Waals surface area contributed by atoms with Gasteiger partial charge in [-0.2, -0.15) is 10.1 Å². The molecule has 6 aromatic rings. The maximum absolute atomic E-state index is 12.9. The molecule has 0 spiro atoms. The van der Waals surface area contributed by atoms with Crippen LogP contribution in [0.15, 0.2) is 105 Å². The number of benzene rings is 4. The monoisotopic (exact) mass is 684 g/mol. The van der Waals surface area contributed by atoms with Crippen molar-refractivity contribution in [3.05, 3.63) is 117 Å². The number of nitrogens with one attached hydrogen (secondary N) is 2. The predicted molar refractivity (Wildman–Crippen MR) is 165 cm³/mol. The number of carbonyl (C=O) groups is 2. The molecule has 0 atom stereocenters. The summed E-state index contributed by atoms with van der Waals surface area (Å²) in [6.45, 7) is 0. The third-order valence-corrected chi connectivity index (χ3v) is 7.09. The lowest BCUT2D eigenvalue weighted by Gasteiger charge is -2.12. The van der Waals surface area contributed by atoms with E-state index in [1.165, 1.54) is 18.3 Å². The number of carbonyl (C=O) groups excluding carboxylic acids is 2. The van der Waals surface area contributed by atoms with Gasteiger partial charge in [-0.1, -0.05) is 50.1 Å². The van der Waals surface area contributed by atoms with Crippen LogP contribution in [0.25, 0.3) is 22.1 Å². The van der Waals surface area contributed by atoms with E-state index in [1.807, 2.05) is 24.3 Å². The molecule has 10 nitrogen and oxygen atoms in total. The molecule has 0 saturated heterocycles. The number of ether oxygens (including phenoxy) is 2. The van der Waals surface area contributed by atoms with Crippen LogP contribution in [0.2, 0.25) is 0 Å². The van der Waals surface area contributed by atoms with Crippen LogP contribution < -0.4 is 14.9 Å². The first-order chi connectivity index (χ1) is 20.4. The minimum Gasteiger partial charge on any atom is -0.419 e. The van der Waals surface area contributed by atoms with Crippen LogP contribution in [-0.2, 0) is 0 Å². The lowest BCUT2D eigenvalue weighted by Crippen LogP contribution is -2.13. The van der Waals surface area contributed by atoms with Crippen molar-refractivity contribution >= 4 is 78.0 Å². The number of hydrazone groups is 1. The van der Waals surface area contributed by atoms with Gasteiger partial charge >= 0.3 is 11.9 Å². The normalized spacial score (nSPS) is 11.2. The van der Waals surface area contributed by atoms with Crippen molar-refractivity contribution in [2.24, 2.45) is 5.10 Å². The number of para-hydroxylation sites is 1. The van der Waals surface area contributed by atoms with Gasteiger partial charge in [0, 0.05) is 19.8 Å². The number of rotatable bonds is 7. The van der Waals surface area contributed by atoms with Crippen LogP contribution >= 0.6 is 31.9 Å². The summed E-state index contributed by atoms with van der Waals surface area (Å²) in [6.07, 6.45) is 1.48. The molecule has 0 amide bonds. The van der Waals surface area contributed by atoms with Crippen LogP contribution in [0.3, 0.4) is 0 Å². The van der Waals surface area contributed by atoms with Crippen molar-refractivity contribution in [2.45, 2.75) is 0 Å². The number of hydrogen-bond acceptors (Lipinski definition) is 9. The molecule has 0 radical (unpaired) electrons. The first-order valence-electron chi connectivity index (χ1n) is 12.4. The average Bonchev–Trinajstić information content (AvgIpc) is 3.37. The van der Waals surface area contributed by atoms with Gasteiger partial charge in [0.2, 0.25) is 0 Å². The first-order valence-corrected chi connectivity index (χ1v) is 14.0. The summed E-state index contributed by atoms with van der Waals surface area (Å²) in [5, 5.41) is 13.5. The van der Waals surface area contributed by atoms with Crippen LogP contribution in [0.1, 0.15) is 26.3 Å². The Morgan fingerprint density at radius 3 is 2.12 bits per heavy atom. The van der Waals surface area contributed by atoms with E-state index >= 15 is 0 Å². The number of H-pyrrole nitrogens is 1. The standard InChI is InChI=1S/C30H18Br2N6O4/c31-20-10-6-18(7-11-20)28(39)41-24-14-5-17(15-25(24)42-29(40)19-8-12-21(32)13-9-19)16-33-37-30-35-27-26(36-38-30)22-3-1-2-4-23(22)34-27/h1-16H,(H2,34,35,37,38). The lowest BCUT2D eigenvalue weighted by atomic mass is 10.2. The van der Waals surface area contributed by atoms with Crippen molar-refractivity contribution in [3.63, 3.8) is 0 Å². The Morgan fingerprint density at radius 1 is 0.786 bits per heavy atom. The fourth-order valence-electron chi connectivity index (χ4n) is 3.99. The topological polar surface area (TPSA) is 131 Å². The second kappa shape index (κ2) is 11.9. The number of fused-ring (bicyclic) bond motifs is 3. The Hall–Kier alpha value is -4.94. The highest BCUT2D eigenvalue weighted by atomic mass is 79.9.